The molecule has 0 fully saturated rings. The molecule has 0 heterocycles. The predicted octanol–water partition coefficient (Wildman–Crippen LogP) is 5.47. The number of hydrogen-bond acceptors (Lipinski definition) is 2. The highest BCUT2D eigenvalue weighted by molar-refractivity contribution is 8.00. The number of carbonyl (C=O) groups is 1. The van der Waals surface area contributed by atoms with E-state index in [0.717, 1.165) is 0 Å². The zero-order valence-corrected chi connectivity index (χ0v) is 14.2. The monoisotopic (exact) mass is 408 g/mol. The van der Waals surface area contributed by atoms with Crippen LogP contribution in [-0.4, -0.2) is 46.0 Å². The molecule has 1 atom stereocenters. The summed E-state index contributed by atoms with van der Waals surface area (Å²) < 4.78 is 114. The molecular weight excluding hydrogens is 391 g/mol. The summed E-state index contributed by atoms with van der Waals surface area (Å²) >= 11 is 0.613. The highest BCUT2D eigenvalue weighted by Gasteiger charge is 2.81. The van der Waals surface area contributed by atoms with Gasteiger partial charge in [-0.15, -0.1) is 11.8 Å². The van der Waals surface area contributed by atoms with Crippen molar-refractivity contribution >= 4 is 17.7 Å². The van der Waals surface area contributed by atoms with Crippen LogP contribution in [0.3, 0.4) is 0 Å². The van der Waals surface area contributed by atoms with Gasteiger partial charge in [-0.3, -0.25) is 4.79 Å². The number of carboxylic acid groups (broad SMARTS) is 1. The number of aliphatic carboxylic acids is 1. The minimum atomic E-state index is -6.90. The third kappa shape index (κ3) is 5.33. The molecule has 0 spiro atoms. The van der Waals surface area contributed by atoms with Crippen LogP contribution in [0.5, 0.6) is 0 Å². The lowest BCUT2D eigenvalue weighted by Crippen LogP contribution is -2.60. The van der Waals surface area contributed by atoms with Crippen LogP contribution in [0.1, 0.15) is 33.6 Å². The van der Waals surface area contributed by atoms with E-state index >= 15 is 0 Å². The summed E-state index contributed by atoms with van der Waals surface area (Å²) in [6, 6.07) is 0. The Morgan fingerprint density at radius 3 is 1.68 bits per heavy atom. The molecule has 0 aliphatic carbocycles. The molecule has 0 aromatic heterocycles. The Hall–Kier alpha value is -0.810. The molecule has 25 heavy (non-hydrogen) atoms. The molecule has 0 aliphatic rings. The van der Waals surface area contributed by atoms with E-state index in [2.05, 4.69) is 0 Å². The first-order valence-electron chi connectivity index (χ1n) is 6.83. The Morgan fingerprint density at radius 2 is 1.36 bits per heavy atom. The van der Waals surface area contributed by atoms with Crippen LogP contribution in [0.2, 0.25) is 0 Å². The Kier molecular flexibility index (Phi) is 7.19. The largest absolute Gasteiger partial charge is 0.480 e. The SMILES string of the molecule is CC(C)(C)C(SCCCC(F)(F)C(F)(F)C(F)(F)C(F)(F)F)C(=O)O. The minimum Gasteiger partial charge on any atom is -0.480 e. The van der Waals surface area contributed by atoms with Gasteiger partial charge in [0, 0.05) is 6.42 Å². The predicted molar refractivity (Wildman–Crippen MR) is 73.5 cm³/mol. The number of thioether (sulfide) groups is 1. The summed E-state index contributed by atoms with van der Waals surface area (Å²) in [5.74, 6) is -20.9. The Bertz CT molecular complexity index is 469. The Balaban J connectivity index is 4.97. The molecule has 0 saturated carbocycles. The second-order valence-corrected chi connectivity index (χ2v) is 7.62. The van der Waals surface area contributed by atoms with E-state index in [1.165, 1.54) is 20.8 Å². The van der Waals surface area contributed by atoms with Crippen molar-refractivity contribution < 1.29 is 49.4 Å². The van der Waals surface area contributed by atoms with E-state index in [4.69, 9.17) is 5.11 Å². The third-order valence-electron chi connectivity index (χ3n) is 3.14. The Morgan fingerprint density at radius 1 is 0.920 bits per heavy atom. The average molecular weight is 408 g/mol. The topological polar surface area (TPSA) is 37.3 Å². The van der Waals surface area contributed by atoms with Crippen LogP contribution in [-0.2, 0) is 4.79 Å². The van der Waals surface area contributed by atoms with Gasteiger partial charge < -0.3 is 5.11 Å². The van der Waals surface area contributed by atoms with Crippen molar-refractivity contribution in [2.45, 2.75) is 62.8 Å². The zero-order chi connectivity index (χ0) is 20.5. The van der Waals surface area contributed by atoms with Crippen LogP contribution in [0, 0.1) is 5.41 Å². The molecule has 0 amide bonds. The molecule has 0 aliphatic heterocycles. The maximum absolute atomic E-state index is 13.3. The molecule has 1 unspecified atom stereocenters. The fraction of sp³-hybridized carbons (Fsp3) is 0.923. The summed E-state index contributed by atoms with van der Waals surface area (Å²) in [5, 5.41) is 7.88. The summed E-state index contributed by atoms with van der Waals surface area (Å²) in [6.45, 7) is 4.56. The maximum Gasteiger partial charge on any atom is 0.460 e. The highest BCUT2D eigenvalue weighted by atomic mass is 32.2. The molecule has 1 N–H and O–H groups in total. The number of alkyl halides is 9. The van der Waals surface area contributed by atoms with Gasteiger partial charge in [0.1, 0.15) is 5.25 Å². The van der Waals surface area contributed by atoms with Crippen molar-refractivity contribution in [1.29, 1.82) is 0 Å². The van der Waals surface area contributed by atoms with Crippen LogP contribution < -0.4 is 0 Å². The van der Waals surface area contributed by atoms with Gasteiger partial charge >= 0.3 is 29.9 Å². The first-order valence-corrected chi connectivity index (χ1v) is 7.88. The molecule has 0 saturated heterocycles. The van der Waals surface area contributed by atoms with Crippen LogP contribution in [0.25, 0.3) is 0 Å². The van der Waals surface area contributed by atoms with Crippen molar-refractivity contribution in [3.8, 4) is 0 Å². The average Bonchev–Trinajstić information content (AvgIpc) is 2.34. The summed E-state index contributed by atoms with van der Waals surface area (Å²) in [4.78, 5) is 11.0. The van der Waals surface area contributed by atoms with E-state index in [9.17, 15) is 44.3 Å². The fourth-order valence-corrected chi connectivity index (χ4v) is 2.94. The Labute approximate surface area is 142 Å². The molecule has 2 nitrogen and oxygen atoms in total. The number of hydrogen-bond donors (Lipinski definition) is 1. The lowest BCUT2D eigenvalue weighted by molar-refractivity contribution is -0.396. The van der Waals surface area contributed by atoms with Gasteiger partial charge in [0.2, 0.25) is 0 Å². The quantitative estimate of drug-likeness (QED) is 0.428. The molecule has 0 rings (SSSR count). The van der Waals surface area contributed by atoms with E-state index < -0.39 is 59.2 Å². The third-order valence-corrected chi connectivity index (χ3v) is 4.91. The molecule has 0 aromatic carbocycles. The van der Waals surface area contributed by atoms with E-state index in [1.807, 2.05) is 0 Å². The molecule has 0 bridgehead atoms. The van der Waals surface area contributed by atoms with E-state index in [1.54, 1.807) is 0 Å². The number of carboxylic acids is 1. The summed E-state index contributed by atoms with van der Waals surface area (Å²) in [6.07, 6.45) is -9.66. The lowest BCUT2D eigenvalue weighted by Gasteiger charge is -2.33. The standard InChI is InChI=1S/C13H17F9O2S/c1-9(2,3)7(8(23)24)25-6-4-5-10(14,15)11(16,17)12(18,19)13(20,21)22/h7H,4-6H2,1-3H3,(H,23,24). The number of rotatable bonds is 8. The normalized spacial score (nSPS) is 16.0. The van der Waals surface area contributed by atoms with Gasteiger partial charge in [-0.05, 0) is 17.6 Å². The van der Waals surface area contributed by atoms with Gasteiger partial charge in [-0.25, -0.2) is 0 Å². The van der Waals surface area contributed by atoms with Crippen LogP contribution in [0.4, 0.5) is 39.5 Å². The van der Waals surface area contributed by atoms with Crippen LogP contribution in [0.15, 0.2) is 0 Å². The van der Waals surface area contributed by atoms with Crippen molar-refractivity contribution in [3.63, 3.8) is 0 Å². The van der Waals surface area contributed by atoms with Gasteiger partial charge in [0.05, 0.1) is 0 Å². The van der Waals surface area contributed by atoms with E-state index in [0.29, 0.717) is 11.8 Å². The summed E-state index contributed by atoms with van der Waals surface area (Å²) in [5.41, 5.74) is -0.813. The van der Waals surface area contributed by atoms with Crippen LogP contribution >= 0.6 is 11.8 Å². The number of halogens is 9. The second-order valence-electron chi connectivity index (χ2n) is 6.41. The fourth-order valence-electron chi connectivity index (χ4n) is 1.75. The first-order chi connectivity index (χ1) is 10.8. The minimum absolute atomic E-state index is 0.433. The lowest BCUT2D eigenvalue weighted by atomic mass is 9.92. The van der Waals surface area contributed by atoms with Crippen molar-refractivity contribution in [1.82, 2.24) is 0 Å². The van der Waals surface area contributed by atoms with Crippen molar-refractivity contribution in [2.75, 3.05) is 5.75 Å². The summed E-state index contributed by atoms with van der Waals surface area (Å²) in [7, 11) is 0. The smallest absolute Gasteiger partial charge is 0.460 e. The molecule has 0 radical (unpaired) electrons. The van der Waals surface area contributed by atoms with Crippen molar-refractivity contribution in [3.05, 3.63) is 0 Å². The highest BCUT2D eigenvalue weighted by Crippen LogP contribution is 2.54. The van der Waals surface area contributed by atoms with E-state index in [-0.39, 0.29) is 0 Å². The maximum atomic E-state index is 13.3. The van der Waals surface area contributed by atoms with Gasteiger partial charge in [0.25, 0.3) is 0 Å². The van der Waals surface area contributed by atoms with Gasteiger partial charge in [0.15, 0.2) is 0 Å². The zero-order valence-electron chi connectivity index (χ0n) is 13.4. The molecule has 150 valence electrons. The second kappa shape index (κ2) is 7.43. The molecule has 0 aromatic rings. The molecule has 12 heteroatoms. The molecular formula is C13H17F9O2S. The van der Waals surface area contributed by atoms with Gasteiger partial charge in [-0.1, -0.05) is 20.8 Å². The van der Waals surface area contributed by atoms with Gasteiger partial charge in [-0.2, -0.15) is 39.5 Å². The van der Waals surface area contributed by atoms with Crippen molar-refractivity contribution in [2.24, 2.45) is 5.41 Å². The first kappa shape index (κ1) is 24.2.